The molecule has 0 fully saturated rings. The average molecular weight is 237 g/mol. The molecular formula is C11H13ClN4. The minimum Gasteiger partial charge on any atom is -0.217 e. The number of aryl methyl sites for hydroxylation is 2. The van der Waals surface area contributed by atoms with Gasteiger partial charge in [0.1, 0.15) is 11.0 Å². The van der Waals surface area contributed by atoms with E-state index in [1.165, 1.54) is 0 Å². The van der Waals surface area contributed by atoms with E-state index in [4.69, 9.17) is 11.6 Å². The fourth-order valence-corrected chi connectivity index (χ4v) is 1.63. The minimum absolute atomic E-state index is 0.466. The van der Waals surface area contributed by atoms with Crippen LogP contribution in [-0.2, 0) is 12.8 Å². The van der Waals surface area contributed by atoms with Crippen LogP contribution in [0.2, 0.25) is 5.15 Å². The molecule has 0 unspecified atom stereocenters. The Morgan fingerprint density at radius 1 is 1.19 bits per heavy atom. The van der Waals surface area contributed by atoms with Gasteiger partial charge in [-0.05, 0) is 12.1 Å². The lowest BCUT2D eigenvalue weighted by atomic mass is 10.4. The fourth-order valence-electron chi connectivity index (χ4n) is 1.47. The van der Waals surface area contributed by atoms with Gasteiger partial charge in [0.25, 0.3) is 0 Å². The van der Waals surface area contributed by atoms with Gasteiger partial charge < -0.3 is 0 Å². The number of aromatic nitrogens is 4. The second kappa shape index (κ2) is 4.61. The highest BCUT2D eigenvalue weighted by atomic mass is 35.5. The van der Waals surface area contributed by atoms with E-state index >= 15 is 0 Å². The Bertz CT molecular complexity index is 492. The van der Waals surface area contributed by atoms with E-state index in [2.05, 4.69) is 15.1 Å². The summed E-state index contributed by atoms with van der Waals surface area (Å²) in [7, 11) is 0. The van der Waals surface area contributed by atoms with Gasteiger partial charge in [-0.15, -0.1) is 5.10 Å². The van der Waals surface area contributed by atoms with Crippen molar-refractivity contribution >= 4 is 11.6 Å². The van der Waals surface area contributed by atoms with Crippen LogP contribution in [0.15, 0.2) is 18.2 Å². The van der Waals surface area contributed by atoms with Crippen molar-refractivity contribution < 1.29 is 0 Å². The first-order valence-corrected chi connectivity index (χ1v) is 5.70. The first kappa shape index (κ1) is 11.1. The second-order valence-electron chi connectivity index (χ2n) is 3.38. The molecule has 2 aromatic heterocycles. The smallest absolute Gasteiger partial charge is 0.157 e. The van der Waals surface area contributed by atoms with Crippen molar-refractivity contribution in [3.63, 3.8) is 0 Å². The summed E-state index contributed by atoms with van der Waals surface area (Å²) < 4.78 is 1.75. The quantitative estimate of drug-likeness (QED) is 0.769. The van der Waals surface area contributed by atoms with Crippen molar-refractivity contribution in [2.75, 3.05) is 0 Å². The number of nitrogens with zero attached hydrogens (tertiary/aromatic N) is 4. The summed E-state index contributed by atoms with van der Waals surface area (Å²) in [6.07, 6.45) is 1.64. The summed E-state index contributed by atoms with van der Waals surface area (Å²) in [5.74, 6) is 2.46. The van der Waals surface area contributed by atoms with E-state index in [-0.39, 0.29) is 0 Å². The van der Waals surface area contributed by atoms with E-state index in [0.717, 1.165) is 30.3 Å². The zero-order valence-corrected chi connectivity index (χ0v) is 10.1. The van der Waals surface area contributed by atoms with Crippen LogP contribution in [0.5, 0.6) is 0 Å². The van der Waals surface area contributed by atoms with Crippen LogP contribution < -0.4 is 0 Å². The third-order valence-corrected chi connectivity index (χ3v) is 2.48. The first-order chi connectivity index (χ1) is 7.74. The van der Waals surface area contributed by atoms with Crippen molar-refractivity contribution in [2.24, 2.45) is 0 Å². The summed E-state index contributed by atoms with van der Waals surface area (Å²) in [5, 5.41) is 4.86. The molecule has 2 aromatic rings. The zero-order valence-electron chi connectivity index (χ0n) is 9.31. The highest BCUT2D eigenvalue weighted by molar-refractivity contribution is 6.29. The largest absolute Gasteiger partial charge is 0.217 e. The first-order valence-electron chi connectivity index (χ1n) is 5.32. The molecule has 0 radical (unpaired) electrons. The summed E-state index contributed by atoms with van der Waals surface area (Å²) in [6.45, 7) is 4.08. The zero-order chi connectivity index (χ0) is 11.5. The molecule has 84 valence electrons. The minimum atomic E-state index is 0.466. The molecule has 16 heavy (non-hydrogen) atoms. The maximum absolute atomic E-state index is 5.86. The van der Waals surface area contributed by atoms with Gasteiger partial charge in [0.15, 0.2) is 11.6 Å². The number of hydrogen-bond donors (Lipinski definition) is 0. The van der Waals surface area contributed by atoms with Crippen LogP contribution in [0.25, 0.3) is 5.82 Å². The molecule has 0 amide bonds. The van der Waals surface area contributed by atoms with Gasteiger partial charge in [-0.3, -0.25) is 0 Å². The Morgan fingerprint density at radius 2 is 2.00 bits per heavy atom. The van der Waals surface area contributed by atoms with Gasteiger partial charge in [-0.1, -0.05) is 31.5 Å². The van der Waals surface area contributed by atoms with Crippen LogP contribution in [0.3, 0.4) is 0 Å². The molecule has 2 heterocycles. The van der Waals surface area contributed by atoms with Gasteiger partial charge in [0.05, 0.1) is 0 Å². The second-order valence-corrected chi connectivity index (χ2v) is 3.77. The standard InChI is InChI=1S/C11H13ClN4/c1-3-9-14-10(4-2)16(15-9)11-7-5-6-8(12)13-11/h5-7H,3-4H2,1-2H3. The van der Waals surface area contributed by atoms with Crippen LogP contribution >= 0.6 is 11.6 Å². The van der Waals surface area contributed by atoms with Gasteiger partial charge >= 0.3 is 0 Å². The Hall–Kier alpha value is -1.42. The van der Waals surface area contributed by atoms with Crippen molar-refractivity contribution in [1.82, 2.24) is 19.7 Å². The Kier molecular flexibility index (Phi) is 3.19. The summed E-state index contributed by atoms with van der Waals surface area (Å²) in [6, 6.07) is 5.48. The molecule has 5 heteroatoms. The molecule has 0 N–H and O–H groups in total. The molecule has 0 aromatic carbocycles. The van der Waals surface area contributed by atoms with E-state index in [0.29, 0.717) is 5.15 Å². The fraction of sp³-hybridized carbons (Fsp3) is 0.364. The number of rotatable bonds is 3. The molecule has 0 aliphatic carbocycles. The van der Waals surface area contributed by atoms with E-state index in [1.54, 1.807) is 10.7 Å². The monoisotopic (exact) mass is 236 g/mol. The molecule has 0 saturated heterocycles. The summed E-state index contributed by atoms with van der Waals surface area (Å²) in [4.78, 5) is 8.65. The average Bonchev–Trinajstić information content (AvgIpc) is 2.72. The lowest BCUT2D eigenvalue weighted by molar-refractivity contribution is 0.769. The molecule has 2 rings (SSSR count). The number of pyridine rings is 1. The van der Waals surface area contributed by atoms with Gasteiger partial charge in [0, 0.05) is 12.8 Å². The van der Waals surface area contributed by atoms with E-state index in [9.17, 15) is 0 Å². The molecule has 0 atom stereocenters. The van der Waals surface area contributed by atoms with Crippen molar-refractivity contribution in [3.05, 3.63) is 35.0 Å². The van der Waals surface area contributed by atoms with Crippen LogP contribution in [-0.4, -0.2) is 19.7 Å². The van der Waals surface area contributed by atoms with Gasteiger partial charge in [-0.2, -0.15) is 4.68 Å². The topological polar surface area (TPSA) is 43.6 Å². The SMILES string of the molecule is CCc1nc(CC)n(-c2cccc(Cl)n2)n1. The molecule has 0 spiro atoms. The third-order valence-electron chi connectivity index (χ3n) is 2.27. The lowest BCUT2D eigenvalue weighted by Crippen LogP contribution is -2.04. The predicted octanol–water partition coefficient (Wildman–Crippen LogP) is 2.44. The highest BCUT2D eigenvalue weighted by Gasteiger charge is 2.09. The van der Waals surface area contributed by atoms with Crippen molar-refractivity contribution in [1.29, 1.82) is 0 Å². The van der Waals surface area contributed by atoms with Crippen LogP contribution in [0, 0.1) is 0 Å². The Morgan fingerprint density at radius 3 is 2.62 bits per heavy atom. The van der Waals surface area contributed by atoms with Crippen molar-refractivity contribution in [3.8, 4) is 5.82 Å². The van der Waals surface area contributed by atoms with Gasteiger partial charge in [0.2, 0.25) is 0 Å². The molecule has 0 aliphatic rings. The predicted molar refractivity (Wildman–Crippen MR) is 62.9 cm³/mol. The maximum Gasteiger partial charge on any atom is 0.157 e. The summed E-state index contributed by atoms with van der Waals surface area (Å²) in [5.41, 5.74) is 0. The molecular weight excluding hydrogens is 224 g/mol. The molecule has 4 nitrogen and oxygen atoms in total. The number of hydrogen-bond acceptors (Lipinski definition) is 3. The van der Waals surface area contributed by atoms with Crippen LogP contribution in [0.1, 0.15) is 25.5 Å². The Balaban J connectivity index is 2.50. The number of halogens is 1. The maximum atomic E-state index is 5.86. The van der Waals surface area contributed by atoms with E-state index < -0.39 is 0 Å². The normalized spacial score (nSPS) is 10.7. The van der Waals surface area contributed by atoms with Crippen molar-refractivity contribution in [2.45, 2.75) is 26.7 Å². The lowest BCUT2D eigenvalue weighted by Gasteiger charge is -2.02. The molecule has 0 bridgehead atoms. The highest BCUT2D eigenvalue weighted by Crippen LogP contribution is 2.11. The van der Waals surface area contributed by atoms with Crippen LogP contribution in [0.4, 0.5) is 0 Å². The van der Waals surface area contributed by atoms with Gasteiger partial charge in [-0.25, -0.2) is 9.97 Å². The third kappa shape index (κ3) is 2.07. The molecule has 0 saturated carbocycles. The van der Waals surface area contributed by atoms with E-state index in [1.807, 2.05) is 26.0 Å². The Labute approximate surface area is 99.3 Å². The molecule has 0 aliphatic heterocycles. The summed E-state index contributed by atoms with van der Waals surface area (Å²) >= 11 is 5.86.